The van der Waals surface area contributed by atoms with E-state index in [0.29, 0.717) is 0 Å². The number of rotatable bonds is 1. The van der Waals surface area contributed by atoms with Crippen molar-refractivity contribution in [2.75, 3.05) is 5.73 Å². The first-order valence-electron chi connectivity index (χ1n) is 3.86. The summed E-state index contributed by atoms with van der Waals surface area (Å²) in [5, 5.41) is 6.88. The number of carbonyl (C=O) groups is 1. The largest absolute Gasteiger partial charge is 0.396 e. The minimum atomic E-state index is -1.22. The smallest absolute Gasteiger partial charge is 0.383 e. The Morgan fingerprint density at radius 1 is 1.53 bits per heavy atom. The van der Waals surface area contributed by atoms with Crippen LogP contribution < -0.4 is 5.73 Å². The normalized spacial score (nSPS) is 10.5. The molecule has 8 heteroatoms. The lowest BCUT2D eigenvalue weighted by atomic mass is 10.1. The van der Waals surface area contributed by atoms with Gasteiger partial charge in [0.05, 0.1) is 11.4 Å². The Labute approximate surface area is 81.9 Å². The number of fused-ring (bicyclic) bond motifs is 1. The number of nitrogen functional groups attached to an aromatic ring is 1. The first-order valence-corrected chi connectivity index (χ1v) is 3.86. The fraction of sp³-hybridized carbons (Fsp3) is 0.143. The molecule has 0 aliphatic carbocycles. The second kappa shape index (κ2) is 3.15. The van der Waals surface area contributed by atoms with Gasteiger partial charge in [-0.15, -0.1) is 0 Å². The second-order valence-corrected chi connectivity index (χ2v) is 2.79. The van der Waals surface area contributed by atoms with Gasteiger partial charge in [-0.2, -0.15) is 0 Å². The Bertz CT molecular complexity index is 538. The van der Waals surface area contributed by atoms with Gasteiger partial charge < -0.3 is 5.73 Å². The summed E-state index contributed by atoms with van der Waals surface area (Å²) < 4.78 is 16.1. The van der Waals surface area contributed by atoms with Crippen LogP contribution in [-0.4, -0.2) is 21.3 Å². The van der Waals surface area contributed by atoms with Gasteiger partial charge in [0.15, 0.2) is 5.52 Å². The molecule has 0 saturated heterocycles. The zero-order chi connectivity index (χ0) is 11.0. The first-order chi connectivity index (χ1) is 7.15. The second-order valence-electron chi connectivity index (χ2n) is 2.79. The summed E-state index contributed by atoms with van der Waals surface area (Å²) in [7, 11) is 0. The molecule has 7 nitrogen and oxygen atoms in total. The Morgan fingerprint density at radius 3 is 2.93 bits per heavy atom. The predicted octanol–water partition coefficient (Wildman–Crippen LogP) is 0.550. The molecule has 0 atom stereocenters. The Kier molecular flexibility index (Phi) is 1.96. The number of aromatic nitrogens is 3. The summed E-state index contributed by atoms with van der Waals surface area (Å²) in [6.45, 7) is 1.47. The number of aryl methyl sites for hydroxylation is 1. The highest BCUT2D eigenvalue weighted by Crippen LogP contribution is 2.23. The van der Waals surface area contributed by atoms with Gasteiger partial charge in [0.2, 0.25) is 5.65 Å². The highest BCUT2D eigenvalue weighted by molar-refractivity contribution is 6.02. The SMILES string of the molecule is Cc1nc2nonc2c(N)c1C(=O)OF. The monoisotopic (exact) mass is 212 g/mol. The minimum Gasteiger partial charge on any atom is -0.396 e. The molecule has 0 aliphatic rings. The molecule has 15 heavy (non-hydrogen) atoms. The van der Waals surface area contributed by atoms with Crippen molar-refractivity contribution in [1.29, 1.82) is 0 Å². The van der Waals surface area contributed by atoms with Gasteiger partial charge in [-0.3, -0.25) is 0 Å². The van der Waals surface area contributed by atoms with Crippen LogP contribution >= 0.6 is 0 Å². The van der Waals surface area contributed by atoms with E-state index in [0.717, 1.165) is 0 Å². The van der Waals surface area contributed by atoms with E-state index in [1.165, 1.54) is 6.92 Å². The van der Waals surface area contributed by atoms with Crippen molar-refractivity contribution in [1.82, 2.24) is 15.3 Å². The van der Waals surface area contributed by atoms with Crippen LogP contribution in [0.1, 0.15) is 16.1 Å². The van der Waals surface area contributed by atoms with E-state index in [9.17, 15) is 9.32 Å². The van der Waals surface area contributed by atoms with Gasteiger partial charge in [-0.25, -0.2) is 19.3 Å². The van der Waals surface area contributed by atoms with Gasteiger partial charge in [-0.1, -0.05) is 0 Å². The highest BCUT2D eigenvalue weighted by atomic mass is 19.3. The number of nitrogens with two attached hydrogens (primary N) is 1. The molecule has 2 N–H and O–H groups in total. The number of hydrogen-bond acceptors (Lipinski definition) is 7. The van der Waals surface area contributed by atoms with Crippen molar-refractivity contribution < 1.29 is 18.9 Å². The van der Waals surface area contributed by atoms with Crippen molar-refractivity contribution in [2.24, 2.45) is 0 Å². The number of halogens is 1. The summed E-state index contributed by atoms with van der Waals surface area (Å²) in [5.74, 6) is -1.22. The van der Waals surface area contributed by atoms with E-state index in [4.69, 9.17) is 5.73 Å². The van der Waals surface area contributed by atoms with Crippen LogP contribution in [0.3, 0.4) is 0 Å². The molecule has 2 heterocycles. The van der Waals surface area contributed by atoms with Crippen molar-refractivity contribution in [2.45, 2.75) is 6.92 Å². The Balaban J connectivity index is 2.78. The summed E-state index contributed by atoms with van der Waals surface area (Å²) in [5.41, 5.74) is 5.77. The van der Waals surface area contributed by atoms with E-state index >= 15 is 0 Å². The van der Waals surface area contributed by atoms with Gasteiger partial charge in [0.1, 0.15) is 5.56 Å². The molecular formula is C7H5FN4O3. The molecule has 0 radical (unpaired) electrons. The zero-order valence-electron chi connectivity index (χ0n) is 7.52. The molecule has 2 aromatic rings. The van der Waals surface area contributed by atoms with Crippen LogP contribution in [0.4, 0.5) is 10.2 Å². The summed E-state index contributed by atoms with van der Waals surface area (Å²) in [6, 6.07) is 0. The minimum absolute atomic E-state index is 0.0681. The van der Waals surface area contributed by atoms with E-state index in [2.05, 4.69) is 24.9 Å². The number of hydrogen-bond donors (Lipinski definition) is 1. The topological polar surface area (TPSA) is 104 Å². The number of pyridine rings is 1. The molecule has 78 valence electrons. The number of carbonyl (C=O) groups excluding carboxylic acids is 1. The lowest BCUT2D eigenvalue weighted by Crippen LogP contribution is -2.08. The number of nitrogens with zero attached hydrogens (tertiary/aromatic N) is 3. The summed E-state index contributed by atoms with van der Waals surface area (Å²) >= 11 is 0. The molecule has 0 spiro atoms. The molecule has 0 amide bonds. The molecular weight excluding hydrogens is 207 g/mol. The van der Waals surface area contributed by atoms with Crippen LogP contribution in [0.5, 0.6) is 0 Å². The molecule has 0 aliphatic heterocycles. The van der Waals surface area contributed by atoms with E-state index in [1.807, 2.05) is 0 Å². The number of anilines is 1. The predicted molar refractivity (Wildman–Crippen MR) is 45.3 cm³/mol. The average molecular weight is 212 g/mol. The van der Waals surface area contributed by atoms with Gasteiger partial charge in [-0.05, 0) is 17.2 Å². The average Bonchev–Trinajstić information content (AvgIpc) is 2.65. The first kappa shape index (κ1) is 9.31. The van der Waals surface area contributed by atoms with E-state index in [1.54, 1.807) is 0 Å². The maximum absolute atomic E-state index is 11.8. The summed E-state index contributed by atoms with van der Waals surface area (Å²) in [6.07, 6.45) is 0. The molecule has 0 saturated carbocycles. The lowest BCUT2D eigenvalue weighted by molar-refractivity contribution is -0.0787. The van der Waals surface area contributed by atoms with Crippen LogP contribution in [0.15, 0.2) is 4.63 Å². The molecule has 2 aromatic heterocycles. The molecule has 0 unspecified atom stereocenters. The maximum Gasteiger partial charge on any atom is 0.383 e. The Hall–Kier alpha value is -2.25. The van der Waals surface area contributed by atoms with Crippen molar-refractivity contribution in [3.63, 3.8) is 0 Å². The van der Waals surface area contributed by atoms with Crippen LogP contribution in [0, 0.1) is 6.92 Å². The van der Waals surface area contributed by atoms with E-state index in [-0.39, 0.29) is 28.1 Å². The lowest BCUT2D eigenvalue weighted by Gasteiger charge is -2.03. The van der Waals surface area contributed by atoms with Crippen molar-refractivity contribution >= 4 is 22.8 Å². The zero-order valence-corrected chi connectivity index (χ0v) is 7.52. The third kappa shape index (κ3) is 1.26. The van der Waals surface area contributed by atoms with Crippen LogP contribution in [-0.2, 0) is 4.94 Å². The summed E-state index contributed by atoms with van der Waals surface area (Å²) in [4.78, 5) is 18.0. The highest BCUT2D eigenvalue weighted by Gasteiger charge is 2.21. The molecule has 0 fully saturated rings. The maximum atomic E-state index is 11.8. The molecule has 2 rings (SSSR count). The van der Waals surface area contributed by atoms with Gasteiger partial charge >= 0.3 is 5.97 Å². The van der Waals surface area contributed by atoms with Crippen LogP contribution in [0.2, 0.25) is 0 Å². The standard InChI is InChI=1S/C7H5FN4O3/c1-2-3(7(13)14-8)4(9)5-6(10-2)12-15-11-5/h9H2,1H3. The quantitative estimate of drug-likeness (QED) is 0.735. The van der Waals surface area contributed by atoms with E-state index < -0.39 is 5.97 Å². The fourth-order valence-electron chi connectivity index (χ4n) is 1.25. The third-order valence-electron chi connectivity index (χ3n) is 1.91. The van der Waals surface area contributed by atoms with Crippen molar-refractivity contribution in [3.05, 3.63) is 11.3 Å². The molecule has 0 aromatic carbocycles. The van der Waals surface area contributed by atoms with Gasteiger partial charge in [0.25, 0.3) is 0 Å². The molecule has 0 bridgehead atoms. The van der Waals surface area contributed by atoms with Gasteiger partial charge in [0, 0.05) is 4.53 Å². The fourth-order valence-corrected chi connectivity index (χ4v) is 1.25. The Morgan fingerprint density at radius 2 is 2.27 bits per heavy atom. The van der Waals surface area contributed by atoms with Crippen molar-refractivity contribution in [3.8, 4) is 0 Å². The van der Waals surface area contributed by atoms with Crippen LogP contribution in [0.25, 0.3) is 11.2 Å². The third-order valence-corrected chi connectivity index (χ3v) is 1.91.